The number of ether oxygens (including phenoxy) is 3. The summed E-state index contributed by atoms with van der Waals surface area (Å²) in [6.45, 7) is 0.401. The van der Waals surface area contributed by atoms with Gasteiger partial charge in [0.1, 0.15) is 17.3 Å². The number of carbonyl (C=O) groups excluding carboxylic acids is 2. The number of aliphatic hydroxyl groups is 1. The van der Waals surface area contributed by atoms with Gasteiger partial charge in [-0.15, -0.1) is 0 Å². The van der Waals surface area contributed by atoms with Crippen molar-refractivity contribution in [2.75, 3.05) is 34.5 Å². The van der Waals surface area contributed by atoms with Crippen molar-refractivity contribution in [3.8, 4) is 11.5 Å². The summed E-state index contributed by atoms with van der Waals surface area (Å²) in [7, 11) is 4.41. The van der Waals surface area contributed by atoms with Crippen LogP contribution in [0.3, 0.4) is 0 Å². The first kappa shape index (κ1) is 23.6. The zero-order valence-corrected chi connectivity index (χ0v) is 19.8. The van der Waals surface area contributed by atoms with Gasteiger partial charge in [0.2, 0.25) is 0 Å². The van der Waals surface area contributed by atoms with Crippen LogP contribution in [-0.2, 0) is 14.3 Å². The lowest BCUT2D eigenvalue weighted by Crippen LogP contribution is -2.32. The molecule has 0 bridgehead atoms. The van der Waals surface area contributed by atoms with E-state index in [2.05, 4.69) is 0 Å². The van der Waals surface area contributed by atoms with Gasteiger partial charge >= 0.3 is 0 Å². The van der Waals surface area contributed by atoms with E-state index in [0.717, 1.165) is 10.8 Å². The standard InChI is InChI=1S/C26H24ClNO6/c1-32-12-11-28-23(17-10-6-8-15-7-4-5-9-16(15)17)22(25(30)26(28)31)24(29)18-13-19(27)21(34-3)14-20(18)33-2/h4-10,13-14,23,29H,11-12H2,1-3H3/b24-22+. The molecule has 0 saturated carbocycles. The average molecular weight is 482 g/mol. The van der Waals surface area contributed by atoms with Gasteiger partial charge in [-0.05, 0) is 22.4 Å². The molecule has 0 radical (unpaired) electrons. The molecule has 0 aromatic heterocycles. The third kappa shape index (κ3) is 3.97. The molecule has 1 unspecified atom stereocenters. The minimum atomic E-state index is -0.827. The Morgan fingerprint density at radius 3 is 2.41 bits per heavy atom. The highest BCUT2D eigenvalue weighted by Crippen LogP contribution is 2.44. The smallest absolute Gasteiger partial charge is 0.295 e. The summed E-state index contributed by atoms with van der Waals surface area (Å²) in [5, 5.41) is 13.5. The third-order valence-corrected chi connectivity index (χ3v) is 6.22. The number of benzene rings is 3. The maximum atomic E-state index is 13.3. The summed E-state index contributed by atoms with van der Waals surface area (Å²) in [4.78, 5) is 27.8. The Balaban J connectivity index is 1.99. The molecule has 34 heavy (non-hydrogen) atoms. The molecule has 0 spiro atoms. The maximum Gasteiger partial charge on any atom is 0.295 e. The normalized spacial score (nSPS) is 17.4. The van der Waals surface area contributed by atoms with Gasteiger partial charge in [0.15, 0.2) is 0 Å². The topological polar surface area (TPSA) is 85.3 Å². The lowest BCUT2D eigenvalue weighted by Gasteiger charge is -2.26. The lowest BCUT2D eigenvalue weighted by atomic mass is 9.91. The fourth-order valence-electron chi connectivity index (χ4n) is 4.30. The lowest BCUT2D eigenvalue weighted by molar-refractivity contribution is -0.140. The zero-order valence-electron chi connectivity index (χ0n) is 19.0. The van der Waals surface area contributed by atoms with Crippen molar-refractivity contribution in [3.63, 3.8) is 0 Å². The fraction of sp³-hybridized carbons (Fsp3) is 0.231. The number of fused-ring (bicyclic) bond motifs is 1. The molecule has 176 valence electrons. The van der Waals surface area contributed by atoms with Crippen molar-refractivity contribution in [2.45, 2.75) is 6.04 Å². The molecule has 1 heterocycles. The minimum Gasteiger partial charge on any atom is -0.507 e. The van der Waals surface area contributed by atoms with Gasteiger partial charge in [0.05, 0.1) is 43.0 Å². The molecule has 1 aliphatic heterocycles. The first-order chi connectivity index (χ1) is 16.4. The third-order valence-electron chi connectivity index (χ3n) is 5.92. The van der Waals surface area contributed by atoms with Crippen LogP contribution in [0.1, 0.15) is 17.2 Å². The highest BCUT2D eigenvalue weighted by Gasteiger charge is 2.46. The number of aliphatic hydroxyl groups excluding tert-OH is 1. The molecule has 0 aliphatic carbocycles. The zero-order chi connectivity index (χ0) is 24.4. The van der Waals surface area contributed by atoms with Crippen LogP contribution in [0.5, 0.6) is 11.5 Å². The molecule has 1 atom stereocenters. The van der Waals surface area contributed by atoms with Crippen molar-refractivity contribution in [1.82, 2.24) is 4.90 Å². The van der Waals surface area contributed by atoms with E-state index in [1.807, 2.05) is 42.5 Å². The number of ketones is 1. The van der Waals surface area contributed by atoms with Crippen molar-refractivity contribution in [2.24, 2.45) is 0 Å². The number of methoxy groups -OCH3 is 3. The molecule has 3 aromatic carbocycles. The summed E-state index contributed by atoms with van der Waals surface area (Å²) < 4.78 is 15.8. The van der Waals surface area contributed by atoms with Crippen LogP contribution in [0.25, 0.3) is 16.5 Å². The Kier molecular flexibility index (Phi) is 6.77. The summed E-state index contributed by atoms with van der Waals surface area (Å²) in [6, 6.07) is 15.5. The number of halogens is 1. The van der Waals surface area contributed by atoms with Gasteiger partial charge in [-0.3, -0.25) is 9.59 Å². The predicted octanol–water partition coefficient (Wildman–Crippen LogP) is 4.58. The number of rotatable bonds is 7. The summed E-state index contributed by atoms with van der Waals surface area (Å²) >= 11 is 6.31. The minimum absolute atomic E-state index is 0.0445. The van der Waals surface area contributed by atoms with Gasteiger partial charge in [0, 0.05) is 19.7 Å². The summed E-state index contributed by atoms with van der Waals surface area (Å²) in [5.74, 6) is -1.28. The Bertz CT molecular complexity index is 1300. The molecule has 1 saturated heterocycles. The monoisotopic (exact) mass is 481 g/mol. The highest BCUT2D eigenvalue weighted by atomic mass is 35.5. The van der Waals surface area contributed by atoms with E-state index in [4.69, 9.17) is 25.8 Å². The molecule has 7 nitrogen and oxygen atoms in total. The molecular weight excluding hydrogens is 458 g/mol. The molecule has 1 fully saturated rings. The molecule has 3 aromatic rings. The molecular formula is C26H24ClNO6. The predicted molar refractivity (Wildman–Crippen MR) is 129 cm³/mol. The summed E-state index contributed by atoms with van der Waals surface area (Å²) in [5.41, 5.74) is 0.855. The van der Waals surface area contributed by atoms with E-state index >= 15 is 0 Å². The van der Waals surface area contributed by atoms with Crippen LogP contribution in [0, 0.1) is 0 Å². The maximum absolute atomic E-state index is 13.3. The van der Waals surface area contributed by atoms with Gasteiger partial charge in [0.25, 0.3) is 11.7 Å². The van der Waals surface area contributed by atoms with Gasteiger partial charge in [-0.2, -0.15) is 0 Å². The molecule has 1 amide bonds. The number of carbonyl (C=O) groups is 2. The SMILES string of the molecule is COCCN1C(=O)C(=O)/C(=C(/O)c2cc(Cl)c(OC)cc2OC)C1c1cccc2ccccc12. The summed E-state index contributed by atoms with van der Waals surface area (Å²) in [6.07, 6.45) is 0. The Morgan fingerprint density at radius 1 is 1.00 bits per heavy atom. The fourth-order valence-corrected chi connectivity index (χ4v) is 4.54. The Morgan fingerprint density at radius 2 is 1.71 bits per heavy atom. The van der Waals surface area contributed by atoms with Crippen molar-refractivity contribution in [3.05, 3.63) is 76.3 Å². The Hall–Kier alpha value is -3.55. The second-order valence-electron chi connectivity index (χ2n) is 7.74. The average Bonchev–Trinajstić information content (AvgIpc) is 3.11. The van der Waals surface area contributed by atoms with Crippen LogP contribution in [0.15, 0.2) is 60.2 Å². The molecule has 1 aliphatic rings. The molecule has 1 N–H and O–H groups in total. The number of hydrogen-bond acceptors (Lipinski definition) is 6. The van der Waals surface area contributed by atoms with Crippen molar-refractivity contribution < 1.29 is 28.9 Å². The highest BCUT2D eigenvalue weighted by molar-refractivity contribution is 6.46. The van der Waals surface area contributed by atoms with Gasteiger partial charge in [-0.1, -0.05) is 54.1 Å². The largest absolute Gasteiger partial charge is 0.507 e. The van der Waals surface area contributed by atoms with Crippen LogP contribution < -0.4 is 9.47 Å². The van der Waals surface area contributed by atoms with Crippen LogP contribution in [0.4, 0.5) is 0 Å². The first-order valence-corrected chi connectivity index (χ1v) is 11.0. The van der Waals surface area contributed by atoms with E-state index in [-0.39, 0.29) is 40.8 Å². The second-order valence-corrected chi connectivity index (χ2v) is 8.15. The number of likely N-dealkylation sites (tertiary alicyclic amines) is 1. The first-order valence-electron chi connectivity index (χ1n) is 10.6. The number of amides is 1. The van der Waals surface area contributed by atoms with Gasteiger partial charge in [-0.25, -0.2) is 0 Å². The van der Waals surface area contributed by atoms with E-state index in [9.17, 15) is 14.7 Å². The Labute approximate surface area is 202 Å². The number of Topliss-reactive ketones (excluding diaryl/α,β-unsaturated/α-hetero) is 1. The second kappa shape index (κ2) is 9.75. The van der Waals surface area contributed by atoms with Crippen LogP contribution in [-0.4, -0.2) is 56.2 Å². The van der Waals surface area contributed by atoms with E-state index in [1.165, 1.54) is 38.4 Å². The number of hydrogen-bond donors (Lipinski definition) is 1. The molecule has 8 heteroatoms. The number of nitrogens with zero attached hydrogens (tertiary/aromatic N) is 1. The van der Waals surface area contributed by atoms with Crippen LogP contribution in [0.2, 0.25) is 5.02 Å². The van der Waals surface area contributed by atoms with Gasteiger partial charge < -0.3 is 24.2 Å². The molecule has 4 rings (SSSR count). The van der Waals surface area contributed by atoms with Crippen molar-refractivity contribution in [1.29, 1.82) is 0 Å². The quantitative estimate of drug-likeness (QED) is 0.302. The van der Waals surface area contributed by atoms with Crippen molar-refractivity contribution >= 4 is 39.8 Å². The van der Waals surface area contributed by atoms with E-state index < -0.39 is 17.7 Å². The van der Waals surface area contributed by atoms with E-state index in [1.54, 1.807) is 0 Å². The van der Waals surface area contributed by atoms with E-state index in [0.29, 0.717) is 11.3 Å². The van der Waals surface area contributed by atoms with Crippen LogP contribution >= 0.6 is 11.6 Å².